The van der Waals surface area contributed by atoms with Crippen molar-refractivity contribution in [3.8, 4) is 0 Å². The molecule has 0 saturated heterocycles. The van der Waals surface area contributed by atoms with Gasteiger partial charge in [0.05, 0.1) is 52.7 Å². The van der Waals surface area contributed by atoms with E-state index in [0.717, 1.165) is 6.54 Å². The minimum Gasteiger partial charge on any atom is -0.378 e. The molecule has 0 aliphatic heterocycles. The molecule has 184 valence electrons. The highest BCUT2D eigenvalue weighted by atomic mass is 16.5. The van der Waals surface area contributed by atoms with Gasteiger partial charge in [-0.15, -0.1) is 0 Å². The maximum atomic E-state index is 11.9. The van der Waals surface area contributed by atoms with Gasteiger partial charge in [-0.3, -0.25) is 14.5 Å². The molecular formula is C20H44N6O5. The molecule has 11 heteroatoms. The Morgan fingerprint density at radius 3 is 1.65 bits per heavy atom. The van der Waals surface area contributed by atoms with Gasteiger partial charge in [0.15, 0.2) is 0 Å². The molecule has 0 bridgehead atoms. The largest absolute Gasteiger partial charge is 0.378 e. The highest BCUT2D eigenvalue weighted by Gasteiger charge is 2.14. The smallest absolute Gasteiger partial charge is 0.234 e. The maximum Gasteiger partial charge on any atom is 0.234 e. The zero-order valence-corrected chi connectivity index (χ0v) is 19.5. The Bertz CT molecular complexity index is 440. The van der Waals surface area contributed by atoms with Crippen molar-refractivity contribution in [3.05, 3.63) is 0 Å². The number of hydrogen-bond donors (Lipinski definition) is 5. The van der Waals surface area contributed by atoms with Gasteiger partial charge in [0, 0.05) is 44.8 Å². The van der Waals surface area contributed by atoms with Crippen LogP contribution in [0, 0.1) is 0 Å². The summed E-state index contributed by atoms with van der Waals surface area (Å²) in [4.78, 5) is 25.6. The molecule has 0 rings (SSSR count). The topological polar surface area (TPSA) is 153 Å². The van der Waals surface area contributed by atoms with E-state index >= 15 is 0 Å². The van der Waals surface area contributed by atoms with Crippen LogP contribution in [0.25, 0.3) is 0 Å². The highest BCUT2D eigenvalue weighted by Crippen LogP contribution is 1.96. The van der Waals surface area contributed by atoms with E-state index < -0.39 is 0 Å². The third kappa shape index (κ3) is 21.7. The van der Waals surface area contributed by atoms with E-state index in [1.54, 1.807) is 4.90 Å². The molecule has 0 saturated carbocycles. The molecule has 0 spiro atoms. The second-order valence-electron chi connectivity index (χ2n) is 8.00. The quantitative estimate of drug-likeness (QED) is 0.132. The van der Waals surface area contributed by atoms with Crippen LogP contribution in [-0.2, 0) is 23.8 Å². The summed E-state index contributed by atoms with van der Waals surface area (Å²) in [5.41, 5.74) is 10.9. The van der Waals surface area contributed by atoms with E-state index in [4.69, 9.17) is 25.7 Å². The van der Waals surface area contributed by atoms with Crippen LogP contribution in [0.2, 0.25) is 0 Å². The van der Waals surface area contributed by atoms with Crippen LogP contribution >= 0.6 is 0 Å². The maximum absolute atomic E-state index is 11.9. The van der Waals surface area contributed by atoms with E-state index in [-0.39, 0.29) is 30.4 Å². The van der Waals surface area contributed by atoms with Gasteiger partial charge >= 0.3 is 0 Å². The standard InChI is InChI=1S/C20H44N6O5/c1-20(2,3)25-8-10-29-12-14-31-15-13-30-11-9-26(16-18(27)23-6-4-21)17-19(28)24-7-5-22/h25H,4-17,21-22H2,1-3H3,(H,23,27)(H,24,28). The lowest BCUT2D eigenvalue weighted by molar-refractivity contribution is -0.125. The molecule has 11 nitrogen and oxygen atoms in total. The summed E-state index contributed by atoms with van der Waals surface area (Å²) in [5, 5.41) is 8.74. The molecule has 0 fully saturated rings. The molecule has 0 aliphatic carbocycles. The third-order valence-electron chi connectivity index (χ3n) is 3.87. The first-order chi connectivity index (χ1) is 14.8. The molecule has 0 aromatic carbocycles. The van der Waals surface area contributed by atoms with Crippen LogP contribution in [-0.4, -0.2) is 114 Å². The molecule has 0 unspecified atom stereocenters. The number of nitrogens with zero attached hydrogens (tertiary/aromatic N) is 1. The van der Waals surface area contributed by atoms with Gasteiger partial charge in [-0.05, 0) is 20.8 Å². The second-order valence-corrected chi connectivity index (χ2v) is 8.00. The minimum absolute atomic E-state index is 0.0926. The molecule has 0 radical (unpaired) electrons. The predicted molar refractivity (Wildman–Crippen MR) is 121 cm³/mol. The number of carbonyl (C=O) groups excluding carboxylic acids is 2. The lowest BCUT2D eigenvalue weighted by Crippen LogP contribution is -2.45. The molecule has 2 amide bonds. The highest BCUT2D eigenvalue weighted by molar-refractivity contribution is 5.81. The van der Waals surface area contributed by atoms with Gasteiger partial charge in [-0.1, -0.05) is 0 Å². The van der Waals surface area contributed by atoms with Crippen molar-refractivity contribution in [3.63, 3.8) is 0 Å². The van der Waals surface area contributed by atoms with Crippen LogP contribution < -0.4 is 27.4 Å². The van der Waals surface area contributed by atoms with Crippen LogP contribution in [0.15, 0.2) is 0 Å². The fourth-order valence-corrected chi connectivity index (χ4v) is 2.39. The van der Waals surface area contributed by atoms with Crippen molar-refractivity contribution in [2.45, 2.75) is 26.3 Å². The van der Waals surface area contributed by atoms with Crippen molar-refractivity contribution in [2.24, 2.45) is 11.5 Å². The number of carbonyl (C=O) groups is 2. The average molecular weight is 449 g/mol. The summed E-state index contributed by atoms with van der Waals surface area (Å²) in [7, 11) is 0. The summed E-state index contributed by atoms with van der Waals surface area (Å²) in [6, 6.07) is 0. The first-order valence-electron chi connectivity index (χ1n) is 10.9. The lowest BCUT2D eigenvalue weighted by atomic mass is 10.1. The third-order valence-corrected chi connectivity index (χ3v) is 3.87. The Hall–Kier alpha value is -1.34. The molecule has 0 heterocycles. The Kier molecular flexibility index (Phi) is 18.5. The number of rotatable bonds is 20. The predicted octanol–water partition coefficient (Wildman–Crippen LogP) is -2.12. The van der Waals surface area contributed by atoms with Crippen LogP contribution in [0.5, 0.6) is 0 Å². The fourth-order valence-electron chi connectivity index (χ4n) is 2.39. The number of nitrogens with two attached hydrogens (primary N) is 2. The van der Waals surface area contributed by atoms with Crippen LogP contribution in [0.4, 0.5) is 0 Å². The summed E-state index contributed by atoms with van der Waals surface area (Å²) < 4.78 is 16.5. The molecule has 7 N–H and O–H groups in total. The number of nitrogens with one attached hydrogen (secondary N) is 3. The van der Waals surface area contributed by atoms with Crippen molar-refractivity contribution in [1.82, 2.24) is 20.9 Å². The van der Waals surface area contributed by atoms with E-state index in [1.807, 2.05) is 0 Å². The zero-order chi connectivity index (χ0) is 23.4. The monoisotopic (exact) mass is 448 g/mol. The van der Waals surface area contributed by atoms with E-state index in [0.29, 0.717) is 72.4 Å². The van der Waals surface area contributed by atoms with Gasteiger partial charge in [-0.25, -0.2) is 0 Å². The Labute approximate surface area is 186 Å². The van der Waals surface area contributed by atoms with Crippen LogP contribution in [0.3, 0.4) is 0 Å². The van der Waals surface area contributed by atoms with Gasteiger partial charge in [0.2, 0.25) is 11.8 Å². The van der Waals surface area contributed by atoms with E-state index in [2.05, 4.69) is 36.7 Å². The Balaban J connectivity index is 3.87. The molecule has 0 atom stereocenters. The molecule has 31 heavy (non-hydrogen) atoms. The van der Waals surface area contributed by atoms with Crippen molar-refractivity contribution < 1.29 is 23.8 Å². The molecule has 0 aliphatic rings. The molecule has 0 aromatic rings. The summed E-state index contributed by atoms with van der Waals surface area (Å²) in [5.74, 6) is -0.365. The van der Waals surface area contributed by atoms with Crippen molar-refractivity contribution >= 4 is 11.8 Å². The summed E-state index contributed by atoms with van der Waals surface area (Å²) in [6.07, 6.45) is 0. The Morgan fingerprint density at radius 1 is 0.742 bits per heavy atom. The van der Waals surface area contributed by atoms with E-state index in [9.17, 15) is 9.59 Å². The fraction of sp³-hybridized carbons (Fsp3) is 0.900. The number of ether oxygens (including phenoxy) is 3. The lowest BCUT2D eigenvalue weighted by Gasteiger charge is -2.21. The molecular weight excluding hydrogens is 404 g/mol. The number of amides is 2. The van der Waals surface area contributed by atoms with Crippen LogP contribution in [0.1, 0.15) is 20.8 Å². The number of hydrogen-bond acceptors (Lipinski definition) is 9. The second kappa shape index (κ2) is 19.4. The van der Waals surface area contributed by atoms with Gasteiger partial charge < -0.3 is 41.6 Å². The van der Waals surface area contributed by atoms with Crippen molar-refractivity contribution in [1.29, 1.82) is 0 Å². The zero-order valence-electron chi connectivity index (χ0n) is 19.5. The first kappa shape index (κ1) is 29.7. The Morgan fingerprint density at radius 2 is 1.19 bits per heavy atom. The summed E-state index contributed by atoms with van der Waals surface area (Å²) in [6.45, 7) is 12.3. The first-order valence-corrected chi connectivity index (χ1v) is 10.9. The average Bonchev–Trinajstić information content (AvgIpc) is 2.70. The van der Waals surface area contributed by atoms with Gasteiger partial charge in [-0.2, -0.15) is 0 Å². The van der Waals surface area contributed by atoms with Gasteiger partial charge in [0.25, 0.3) is 0 Å². The normalized spacial score (nSPS) is 11.7. The van der Waals surface area contributed by atoms with Gasteiger partial charge in [0.1, 0.15) is 0 Å². The van der Waals surface area contributed by atoms with Crippen molar-refractivity contribution in [2.75, 3.05) is 92.0 Å². The summed E-state index contributed by atoms with van der Waals surface area (Å²) >= 11 is 0. The molecule has 0 aromatic heterocycles. The minimum atomic E-state index is -0.182. The SMILES string of the molecule is CC(C)(C)NCCOCCOCCOCCN(CC(=O)NCCN)CC(=O)NCCN. The van der Waals surface area contributed by atoms with E-state index in [1.165, 1.54) is 0 Å².